The van der Waals surface area contributed by atoms with Crippen LogP contribution in [0.1, 0.15) is 31.9 Å². The number of carbonyl (C=O) groups is 1. The van der Waals surface area contributed by atoms with E-state index in [1.165, 1.54) is 10.5 Å². The predicted octanol–water partition coefficient (Wildman–Crippen LogP) is 0.429. The molecule has 2 aliphatic heterocycles. The maximum atomic E-state index is 12.9. The van der Waals surface area contributed by atoms with E-state index < -0.39 is 22.0 Å². The van der Waals surface area contributed by atoms with E-state index in [1.54, 1.807) is 11.6 Å². The van der Waals surface area contributed by atoms with Gasteiger partial charge in [-0.1, -0.05) is 0 Å². The van der Waals surface area contributed by atoms with Gasteiger partial charge in [0.2, 0.25) is 10.0 Å². The van der Waals surface area contributed by atoms with Crippen LogP contribution in [-0.4, -0.2) is 59.3 Å². The number of aryl methyl sites for hydroxylation is 1. The fourth-order valence-electron chi connectivity index (χ4n) is 3.81. The molecule has 1 aromatic rings. The van der Waals surface area contributed by atoms with E-state index in [-0.39, 0.29) is 10.3 Å². The molecule has 1 spiro atoms. The molecule has 2 saturated heterocycles. The van der Waals surface area contributed by atoms with Crippen molar-refractivity contribution in [1.82, 2.24) is 19.4 Å². The molecular formula is C15H24N4O4S. The largest absolute Gasteiger partial charge is 0.480 e. The van der Waals surface area contributed by atoms with Crippen LogP contribution in [0, 0.1) is 12.3 Å². The first kappa shape index (κ1) is 17.4. The van der Waals surface area contributed by atoms with Gasteiger partial charge in [-0.2, -0.15) is 9.40 Å². The highest BCUT2D eigenvalue weighted by molar-refractivity contribution is 7.89. The summed E-state index contributed by atoms with van der Waals surface area (Å²) in [5.74, 6) is -0.829. The average Bonchev–Trinajstić information content (AvgIpc) is 3.12. The minimum absolute atomic E-state index is 0.0995. The lowest BCUT2D eigenvalue weighted by atomic mass is 9.77. The van der Waals surface area contributed by atoms with E-state index in [4.69, 9.17) is 5.11 Å². The molecule has 9 heteroatoms. The number of carboxylic acid groups (broad SMARTS) is 1. The molecule has 3 rings (SSSR count). The van der Waals surface area contributed by atoms with Crippen molar-refractivity contribution in [3.63, 3.8) is 0 Å². The van der Waals surface area contributed by atoms with Crippen LogP contribution in [0.3, 0.4) is 0 Å². The smallest absolute Gasteiger partial charge is 0.320 e. The number of sulfonamides is 1. The molecule has 0 aliphatic carbocycles. The van der Waals surface area contributed by atoms with Crippen molar-refractivity contribution in [3.8, 4) is 0 Å². The number of carboxylic acids is 1. The van der Waals surface area contributed by atoms with Gasteiger partial charge in [0.1, 0.15) is 10.9 Å². The number of aromatic nitrogens is 2. The molecule has 2 N–H and O–H groups in total. The fourth-order valence-corrected chi connectivity index (χ4v) is 5.41. The highest BCUT2D eigenvalue weighted by Gasteiger charge is 2.45. The Morgan fingerprint density at radius 1 is 1.46 bits per heavy atom. The molecule has 1 aromatic heterocycles. The van der Waals surface area contributed by atoms with Crippen LogP contribution in [0.4, 0.5) is 0 Å². The molecule has 1 atom stereocenters. The third-order valence-electron chi connectivity index (χ3n) is 5.42. The van der Waals surface area contributed by atoms with Crippen molar-refractivity contribution in [1.29, 1.82) is 0 Å². The summed E-state index contributed by atoms with van der Waals surface area (Å²) in [5, 5.41) is 16.3. The van der Waals surface area contributed by atoms with Crippen LogP contribution in [0.2, 0.25) is 0 Å². The van der Waals surface area contributed by atoms with Gasteiger partial charge >= 0.3 is 5.97 Å². The number of rotatable bonds is 4. The zero-order valence-corrected chi connectivity index (χ0v) is 14.8. The first-order chi connectivity index (χ1) is 11.3. The van der Waals surface area contributed by atoms with Gasteiger partial charge in [-0.25, -0.2) is 8.42 Å². The van der Waals surface area contributed by atoms with E-state index >= 15 is 0 Å². The van der Waals surface area contributed by atoms with Crippen molar-refractivity contribution < 1.29 is 18.3 Å². The zero-order chi connectivity index (χ0) is 17.5. The first-order valence-corrected chi connectivity index (χ1v) is 9.72. The molecule has 2 aliphatic rings. The summed E-state index contributed by atoms with van der Waals surface area (Å²) in [6.07, 6.45) is 3.37. The van der Waals surface area contributed by atoms with Gasteiger partial charge in [-0.3, -0.25) is 9.48 Å². The van der Waals surface area contributed by atoms with Gasteiger partial charge in [0.25, 0.3) is 0 Å². The summed E-state index contributed by atoms with van der Waals surface area (Å²) in [5.41, 5.74) is 0.559. The Bertz CT molecular complexity index is 735. The second kappa shape index (κ2) is 6.12. The molecule has 0 bridgehead atoms. The number of nitrogens with zero attached hydrogens (tertiary/aromatic N) is 3. The molecule has 2 fully saturated rings. The molecule has 0 unspecified atom stereocenters. The summed E-state index contributed by atoms with van der Waals surface area (Å²) in [4.78, 5) is 11.4. The Balaban J connectivity index is 1.72. The molecule has 0 amide bonds. The molecule has 134 valence electrons. The summed E-state index contributed by atoms with van der Waals surface area (Å²) >= 11 is 0. The minimum Gasteiger partial charge on any atom is -0.480 e. The number of aliphatic carboxylic acids is 1. The fraction of sp³-hybridized carbons (Fsp3) is 0.733. The minimum atomic E-state index is -3.54. The van der Waals surface area contributed by atoms with Crippen LogP contribution >= 0.6 is 0 Å². The monoisotopic (exact) mass is 356 g/mol. The van der Waals surface area contributed by atoms with Crippen molar-refractivity contribution in [2.75, 3.05) is 19.6 Å². The SMILES string of the molecule is CCn1ncc(S(=O)(=O)N2CCC3(CC2)CN[C@@H](C(=O)O)C3)c1C. The number of hydrogen-bond acceptors (Lipinski definition) is 5. The van der Waals surface area contributed by atoms with E-state index in [9.17, 15) is 13.2 Å². The molecular weight excluding hydrogens is 332 g/mol. The number of nitrogens with one attached hydrogen (secondary N) is 1. The predicted molar refractivity (Wildman–Crippen MR) is 87.1 cm³/mol. The highest BCUT2D eigenvalue weighted by Crippen LogP contribution is 2.40. The van der Waals surface area contributed by atoms with Crippen LogP contribution in [0.15, 0.2) is 11.1 Å². The van der Waals surface area contributed by atoms with Crippen molar-refractivity contribution in [2.24, 2.45) is 5.41 Å². The van der Waals surface area contributed by atoms with Gasteiger partial charge in [-0.05, 0) is 38.5 Å². The van der Waals surface area contributed by atoms with E-state index in [1.807, 2.05) is 6.92 Å². The van der Waals surface area contributed by atoms with E-state index in [2.05, 4.69) is 10.4 Å². The molecule has 24 heavy (non-hydrogen) atoms. The van der Waals surface area contributed by atoms with Gasteiger partial charge in [0.05, 0.1) is 11.9 Å². The maximum Gasteiger partial charge on any atom is 0.320 e. The first-order valence-electron chi connectivity index (χ1n) is 8.28. The third kappa shape index (κ3) is 2.84. The summed E-state index contributed by atoms with van der Waals surface area (Å²) in [7, 11) is -3.54. The Labute approximate surface area is 141 Å². The van der Waals surface area contributed by atoms with Crippen LogP contribution in [0.5, 0.6) is 0 Å². The summed E-state index contributed by atoms with van der Waals surface area (Å²) < 4.78 is 28.9. The quantitative estimate of drug-likeness (QED) is 0.811. The Morgan fingerprint density at radius 3 is 2.62 bits per heavy atom. The van der Waals surface area contributed by atoms with Crippen molar-refractivity contribution in [2.45, 2.75) is 50.6 Å². The Hall–Kier alpha value is -1.45. The number of hydrogen-bond donors (Lipinski definition) is 2. The lowest BCUT2D eigenvalue weighted by Gasteiger charge is -2.38. The van der Waals surface area contributed by atoms with E-state index in [0.717, 1.165) is 0 Å². The maximum absolute atomic E-state index is 12.9. The second-order valence-corrected chi connectivity index (χ2v) is 8.70. The average molecular weight is 356 g/mol. The lowest BCUT2D eigenvalue weighted by molar-refractivity contribution is -0.139. The third-order valence-corrected chi connectivity index (χ3v) is 7.42. The van der Waals surface area contributed by atoms with Gasteiger partial charge in [-0.15, -0.1) is 0 Å². The molecule has 0 aromatic carbocycles. The number of piperidine rings is 1. The lowest BCUT2D eigenvalue weighted by Crippen LogP contribution is -2.44. The molecule has 8 nitrogen and oxygen atoms in total. The Kier molecular flexibility index (Phi) is 4.43. The Morgan fingerprint density at radius 2 is 2.12 bits per heavy atom. The van der Waals surface area contributed by atoms with Crippen LogP contribution in [0.25, 0.3) is 0 Å². The highest BCUT2D eigenvalue weighted by atomic mass is 32.2. The van der Waals surface area contributed by atoms with Gasteiger partial charge in [0.15, 0.2) is 0 Å². The summed E-state index contributed by atoms with van der Waals surface area (Å²) in [6.45, 7) is 5.82. The van der Waals surface area contributed by atoms with Crippen LogP contribution < -0.4 is 5.32 Å². The standard InChI is InChI=1S/C15H24N4O4S/c1-3-19-11(2)13(9-17-19)24(22,23)18-6-4-15(5-7-18)8-12(14(20)21)16-10-15/h9,12,16H,3-8,10H2,1-2H3,(H,20,21)/t12-/m1/s1. The normalized spacial score (nSPS) is 24.5. The molecule has 0 saturated carbocycles. The molecule has 0 radical (unpaired) electrons. The molecule has 3 heterocycles. The zero-order valence-electron chi connectivity index (χ0n) is 14.0. The van der Waals surface area contributed by atoms with E-state index in [0.29, 0.717) is 51.1 Å². The van der Waals surface area contributed by atoms with Crippen molar-refractivity contribution >= 4 is 16.0 Å². The second-order valence-electron chi connectivity index (χ2n) is 6.79. The van der Waals surface area contributed by atoms with Crippen molar-refractivity contribution in [3.05, 3.63) is 11.9 Å². The topological polar surface area (TPSA) is 105 Å². The van der Waals surface area contributed by atoms with Crippen LogP contribution in [-0.2, 0) is 21.4 Å². The summed E-state index contributed by atoms with van der Waals surface area (Å²) in [6, 6.07) is -0.516. The van der Waals surface area contributed by atoms with Gasteiger partial charge < -0.3 is 10.4 Å². The van der Waals surface area contributed by atoms with Gasteiger partial charge in [0, 0.05) is 26.2 Å².